The van der Waals surface area contributed by atoms with E-state index in [4.69, 9.17) is 4.74 Å². The number of likely N-dealkylation sites (N-methyl/N-ethyl adjacent to an activating group) is 1. The summed E-state index contributed by atoms with van der Waals surface area (Å²) in [7, 11) is 2.21. The fourth-order valence-electron chi connectivity index (χ4n) is 6.63. The molecule has 2 bridgehead atoms. The highest BCUT2D eigenvalue weighted by molar-refractivity contribution is 5.79. The molecule has 2 aromatic carbocycles. The van der Waals surface area contributed by atoms with Gasteiger partial charge in [-0.3, -0.25) is 4.79 Å². The maximum absolute atomic E-state index is 12.9. The van der Waals surface area contributed by atoms with Crippen molar-refractivity contribution < 1.29 is 14.6 Å². The lowest BCUT2D eigenvalue weighted by Gasteiger charge is -2.57. The molecule has 2 heterocycles. The number of carbonyl (C=O) groups is 1. The molecule has 5 nitrogen and oxygen atoms in total. The lowest BCUT2D eigenvalue weighted by molar-refractivity contribution is -0.122. The third-order valence-electron chi connectivity index (χ3n) is 7.95. The molecule has 0 aromatic heterocycles. The number of carbonyl (C=O) groups excluding carboxylic acids is 1. The number of hydrogen-bond donors (Lipinski definition) is 2. The van der Waals surface area contributed by atoms with Crippen LogP contribution >= 0.6 is 0 Å². The van der Waals surface area contributed by atoms with Crippen molar-refractivity contribution in [3.05, 3.63) is 70.8 Å². The van der Waals surface area contributed by atoms with Crippen LogP contribution in [0.4, 0.5) is 0 Å². The van der Waals surface area contributed by atoms with Gasteiger partial charge in [0.15, 0.2) is 11.5 Å². The zero-order valence-electron chi connectivity index (χ0n) is 18.0. The molecule has 160 valence electrons. The first kappa shape index (κ1) is 18.9. The Kier molecular flexibility index (Phi) is 4.03. The summed E-state index contributed by atoms with van der Waals surface area (Å²) >= 11 is 0. The molecule has 0 radical (unpaired) electrons. The van der Waals surface area contributed by atoms with Gasteiger partial charge in [0.2, 0.25) is 5.91 Å². The maximum Gasteiger partial charge on any atom is 0.225 e. The zero-order chi connectivity index (χ0) is 21.3. The molecule has 6 rings (SSSR count). The van der Waals surface area contributed by atoms with Crippen molar-refractivity contribution in [3.63, 3.8) is 0 Å². The molecular weight excluding hydrogens is 388 g/mol. The Labute approximate surface area is 182 Å². The molecule has 5 atom stereocenters. The molecule has 2 unspecified atom stereocenters. The number of aromatic hydroxyl groups is 1. The Morgan fingerprint density at radius 3 is 3.00 bits per heavy atom. The molecule has 4 aliphatic rings. The summed E-state index contributed by atoms with van der Waals surface area (Å²) in [5.74, 6) is 1.18. The molecule has 1 saturated heterocycles. The van der Waals surface area contributed by atoms with Crippen molar-refractivity contribution >= 4 is 5.91 Å². The zero-order valence-corrected chi connectivity index (χ0v) is 18.0. The number of amides is 1. The second kappa shape index (κ2) is 6.60. The third kappa shape index (κ3) is 2.62. The van der Waals surface area contributed by atoms with Gasteiger partial charge in [-0.2, -0.15) is 0 Å². The SMILES string of the molecule is Cc1cccc(CC(=O)N[C@@H]2C=CC3[C@H]4Cc5ccc(O)c6c5[C@@]3(CCN4C)C2O6)c1. The van der Waals surface area contributed by atoms with Gasteiger partial charge in [0.25, 0.3) is 0 Å². The van der Waals surface area contributed by atoms with Crippen LogP contribution in [0.15, 0.2) is 48.6 Å². The van der Waals surface area contributed by atoms with Gasteiger partial charge in [-0.1, -0.05) is 48.0 Å². The summed E-state index contributed by atoms with van der Waals surface area (Å²) in [5, 5.41) is 13.8. The minimum atomic E-state index is -0.213. The van der Waals surface area contributed by atoms with Gasteiger partial charge in [-0.05, 0) is 50.6 Å². The van der Waals surface area contributed by atoms with Crippen molar-refractivity contribution in [2.24, 2.45) is 5.92 Å². The Hall–Kier alpha value is -2.79. The number of piperidine rings is 1. The van der Waals surface area contributed by atoms with Crippen molar-refractivity contribution in [3.8, 4) is 11.5 Å². The summed E-state index contributed by atoms with van der Waals surface area (Å²) in [4.78, 5) is 15.4. The van der Waals surface area contributed by atoms with Crippen LogP contribution in [-0.4, -0.2) is 47.7 Å². The van der Waals surface area contributed by atoms with E-state index in [1.165, 1.54) is 11.1 Å². The van der Waals surface area contributed by atoms with E-state index in [9.17, 15) is 9.90 Å². The van der Waals surface area contributed by atoms with Crippen LogP contribution in [0.25, 0.3) is 0 Å². The van der Waals surface area contributed by atoms with Crippen molar-refractivity contribution in [1.29, 1.82) is 0 Å². The summed E-state index contributed by atoms with van der Waals surface area (Å²) in [6.45, 7) is 3.03. The Bertz CT molecular complexity index is 1110. The number of likely N-dealkylation sites (tertiary alicyclic amines) is 1. The molecule has 31 heavy (non-hydrogen) atoms. The van der Waals surface area contributed by atoms with E-state index in [0.29, 0.717) is 24.1 Å². The average molecular weight is 417 g/mol. The maximum atomic E-state index is 12.9. The Balaban J connectivity index is 1.36. The summed E-state index contributed by atoms with van der Waals surface area (Å²) in [5.41, 5.74) is 4.45. The third-order valence-corrected chi connectivity index (χ3v) is 7.95. The predicted molar refractivity (Wildman–Crippen MR) is 118 cm³/mol. The molecule has 1 fully saturated rings. The summed E-state index contributed by atoms with van der Waals surface area (Å²) in [6, 6.07) is 12.1. The molecule has 1 spiro atoms. The van der Waals surface area contributed by atoms with E-state index in [1.54, 1.807) is 6.07 Å². The van der Waals surface area contributed by atoms with Gasteiger partial charge >= 0.3 is 0 Å². The molecule has 2 aliphatic carbocycles. The number of nitrogens with one attached hydrogen (secondary N) is 1. The number of hydrogen-bond acceptors (Lipinski definition) is 4. The first-order valence-corrected chi connectivity index (χ1v) is 11.2. The lowest BCUT2D eigenvalue weighted by atomic mass is 9.53. The number of aryl methyl sites for hydroxylation is 1. The fourth-order valence-corrected chi connectivity index (χ4v) is 6.63. The van der Waals surface area contributed by atoms with Crippen molar-refractivity contribution in [2.45, 2.75) is 49.8 Å². The Morgan fingerprint density at radius 1 is 1.29 bits per heavy atom. The van der Waals surface area contributed by atoms with Crippen LogP contribution in [0.3, 0.4) is 0 Å². The highest BCUT2D eigenvalue weighted by atomic mass is 16.5. The van der Waals surface area contributed by atoms with Gasteiger partial charge in [-0.15, -0.1) is 0 Å². The first-order chi connectivity index (χ1) is 15.0. The van der Waals surface area contributed by atoms with E-state index in [2.05, 4.69) is 41.5 Å². The monoisotopic (exact) mass is 416 g/mol. The summed E-state index contributed by atoms with van der Waals surface area (Å²) in [6.07, 6.45) is 6.53. The highest BCUT2D eigenvalue weighted by Crippen LogP contribution is 2.62. The van der Waals surface area contributed by atoms with Crippen LogP contribution in [0.1, 0.15) is 28.7 Å². The van der Waals surface area contributed by atoms with Crippen molar-refractivity contribution in [1.82, 2.24) is 10.2 Å². The number of rotatable bonds is 3. The van der Waals surface area contributed by atoms with Crippen LogP contribution in [0, 0.1) is 12.8 Å². The van der Waals surface area contributed by atoms with Crippen LogP contribution in [0.2, 0.25) is 0 Å². The molecule has 1 amide bonds. The number of benzene rings is 2. The normalized spacial score (nSPS) is 32.3. The van der Waals surface area contributed by atoms with Crippen LogP contribution < -0.4 is 10.1 Å². The predicted octanol–water partition coefficient (Wildman–Crippen LogP) is 2.87. The van der Waals surface area contributed by atoms with E-state index in [1.807, 2.05) is 25.1 Å². The fraction of sp³-hybridized carbons (Fsp3) is 0.423. The molecule has 2 aromatic rings. The largest absolute Gasteiger partial charge is 0.504 e. The second-order valence-corrected chi connectivity index (χ2v) is 9.70. The smallest absolute Gasteiger partial charge is 0.225 e. The second-order valence-electron chi connectivity index (χ2n) is 9.70. The topological polar surface area (TPSA) is 61.8 Å². The quantitative estimate of drug-likeness (QED) is 0.756. The van der Waals surface area contributed by atoms with E-state index < -0.39 is 0 Å². The van der Waals surface area contributed by atoms with E-state index in [0.717, 1.165) is 30.5 Å². The van der Waals surface area contributed by atoms with Gasteiger partial charge in [-0.25, -0.2) is 0 Å². The number of nitrogens with zero attached hydrogens (tertiary/aromatic N) is 1. The van der Waals surface area contributed by atoms with Crippen LogP contribution in [0.5, 0.6) is 11.5 Å². The molecule has 2 aliphatic heterocycles. The molecule has 5 heteroatoms. The Morgan fingerprint density at radius 2 is 2.16 bits per heavy atom. The van der Waals surface area contributed by atoms with Crippen molar-refractivity contribution in [2.75, 3.05) is 13.6 Å². The molecule has 0 saturated carbocycles. The minimum Gasteiger partial charge on any atom is -0.504 e. The molecule has 2 N–H and O–H groups in total. The minimum absolute atomic E-state index is 0.000566. The average Bonchev–Trinajstić information content (AvgIpc) is 3.09. The van der Waals surface area contributed by atoms with Crippen LogP contribution in [-0.2, 0) is 23.1 Å². The number of ether oxygens (including phenoxy) is 1. The van der Waals surface area contributed by atoms with E-state index >= 15 is 0 Å². The first-order valence-electron chi connectivity index (χ1n) is 11.2. The number of phenolic OH excluding ortho intramolecular Hbond substituents is 1. The van der Waals surface area contributed by atoms with E-state index in [-0.39, 0.29) is 29.2 Å². The highest BCUT2D eigenvalue weighted by Gasteiger charge is 2.64. The number of phenols is 1. The van der Waals surface area contributed by atoms with Gasteiger partial charge in [0.1, 0.15) is 6.10 Å². The van der Waals surface area contributed by atoms with Gasteiger partial charge < -0.3 is 20.1 Å². The van der Waals surface area contributed by atoms with Gasteiger partial charge in [0, 0.05) is 22.9 Å². The van der Waals surface area contributed by atoms with Gasteiger partial charge in [0.05, 0.1) is 12.5 Å². The molecular formula is C26H28N2O3. The summed E-state index contributed by atoms with van der Waals surface area (Å²) < 4.78 is 6.49. The standard InChI is InChI=1S/C26H28N2O3/c1-15-4-3-5-16(12-15)13-22(30)27-19-8-7-18-20-14-17-6-9-21(29)24-23(17)26(18,25(19)31-24)10-11-28(20)2/h3-9,12,18-20,25,29H,10-11,13-14H2,1-2H3,(H,27,30)/t18?,19-,20-,25?,26+/m1/s1. The lowest BCUT2D eigenvalue weighted by Crippen LogP contribution is -2.66.